The fourth-order valence-corrected chi connectivity index (χ4v) is 1.68. The van der Waals surface area contributed by atoms with Crippen LogP contribution in [0.1, 0.15) is 11.1 Å². The molecule has 20 heavy (non-hydrogen) atoms. The van der Waals surface area contributed by atoms with Crippen LogP contribution in [0.3, 0.4) is 0 Å². The van der Waals surface area contributed by atoms with Gasteiger partial charge in [-0.15, -0.1) is 10.5 Å². The molecule has 2 aromatic rings. The Hall–Kier alpha value is -2.40. The highest BCUT2D eigenvalue weighted by Crippen LogP contribution is 2.13. The number of hydrazone groups is 1. The molecule has 0 aliphatic rings. The lowest BCUT2D eigenvalue weighted by Gasteiger charge is -2.06. The zero-order chi connectivity index (χ0) is 14.2. The highest BCUT2D eigenvalue weighted by atomic mass is 32.1. The first-order valence-electron chi connectivity index (χ1n) is 6.15. The lowest BCUT2D eigenvalue weighted by Crippen LogP contribution is -2.82. The summed E-state index contributed by atoms with van der Waals surface area (Å²) in [4.78, 5) is 0. The predicted octanol–water partition coefficient (Wildman–Crippen LogP) is 0.513. The third-order valence-corrected chi connectivity index (χ3v) is 2.64. The third kappa shape index (κ3) is 4.70. The molecule has 0 saturated heterocycles. The van der Waals surface area contributed by atoms with Gasteiger partial charge in [0.05, 0.1) is 0 Å². The van der Waals surface area contributed by atoms with Crippen molar-refractivity contribution >= 4 is 23.5 Å². The van der Waals surface area contributed by atoms with E-state index in [1.54, 1.807) is 6.21 Å². The molecule has 0 saturated carbocycles. The highest BCUT2D eigenvalue weighted by Gasteiger charge is 1.98. The molecule has 0 spiro atoms. The van der Waals surface area contributed by atoms with Crippen molar-refractivity contribution in [1.82, 2.24) is 5.43 Å². The summed E-state index contributed by atoms with van der Waals surface area (Å²) in [7, 11) is 0. The van der Waals surface area contributed by atoms with Crippen molar-refractivity contribution in [2.24, 2.45) is 5.73 Å². The van der Waals surface area contributed by atoms with Crippen molar-refractivity contribution in [2.75, 3.05) is 0 Å². The Kier molecular flexibility index (Phi) is 5.08. The van der Waals surface area contributed by atoms with Crippen molar-refractivity contribution < 1.29 is 9.84 Å². The number of thiocarbonyl (C=S) groups is 1. The minimum Gasteiger partial charge on any atom is -0.489 e. The lowest BCUT2D eigenvalue weighted by atomic mass is 10.2. The summed E-state index contributed by atoms with van der Waals surface area (Å²) in [6.07, 6.45) is 1.76. The standard InChI is InChI=1S/C15H15N3OS/c16-15(20)18-17-10-13-7-4-8-14(9-13)19-11-12-5-2-1-3-6-12/h1-10H,11H2,(H3,16,18,20)/p+1. The van der Waals surface area contributed by atoms with Gasteiger partial charge in [-0.05, 0) is 36.0 Å². The van der Waals surface area contributed by atoms with Gasteiger partial charge in [-0.1, -0.05) is 36.4 Å². The summed E-state index contributed by atoms with van der Waals surface area (Å²) in [6, 6.07) is 17.8. The van der Waals surface area contributed by atoms with Gasteiger partial charge in [-0.2, -0.15) is 0 Å². The maximum atomic E-state index is 5.74. The van der Waals surface area contributed by atoms with Crippen molar-refractivity contribution in [2.45, 2.75) is 6.61 Å². The molecule has 0 heterocycles. The van der Waals surface area contributed by atoms with Gasteiger partial charge in [0.25, 0.3) is 0 Å². The van der Waals surface area contributed by atoms with Crippen LogP contribution in [-0.4, -0.2) is 11.3 Å². The van der Waals surface area contributed by atoms with Gasteiger partial charge in [-0.3, -0.25) is 0 Å². The molecule has 0 atom stereocenters. The van der Waals surface area contributed by atoms with Gasteiger partial charge in [0.1, 0.15) is 12.4 Å². The summed E-state index contributed by atoms with van der Waals surface area (Å²) < 4.78 is 5.74. The Labute approximate surface area is 123 Å². The third-order valence-electron chi connectivity index (χ3n) is 2.54. The number of nitrogens with two attached hydrogens (primary N) is 1. The van der Waals surface area contributed by atoms with Gasteiger partial charge in [-0.25, -0.2) is 0 Å². The smallest absolute Gasteiger partial charge is 0.221 e. The molecule has 0 aliphatic heterocycles. The molecular formula is C15H16N3OS+. The van der Waals surface area contributed by atoms with E-state index in [2.05, 4.69) is 10.5 Å². The summed E-state index contributed by atoms with van der Waals surface area (Å²) in [5.41, 5.74) is 10.0. The molecule has 5 heteroatoms. The number of hydrazine groups is 1. The zero-order valence-corrected chi connectivity index (χ0v) is 11.7. The molecule has 0 amide bonds. The van der Waals surface area contributed by atoms with Crippen molar-refractivity contribution in [3.05, 3.63) is 65.7 Å². The van der Waals surface area contributed by atoms with E-state index in [0.717, 1.165) is 16.9 Å². The van der Waals surface area contributed by atoms with Crippen molar-refractivity contribution in [3.63, 3.8) is 0 Å². The second-order valence-electron chi connectivity index (χ2n) is 4.12. The molecule has 0 bridgehead atoms. The number of ether oxygens (including phenoxy) is 1. The molecular weight excluding hydrogens is 270 g/mol. The zero-order valence-electron chi connectivity index (χ0n) is 10.9. The van der Waals surface area contributed by atoms with Gasteiger partial charge in [0.15, 0.2) is 6.21 Å². The first-order valence-corrected chi connectivity index (χ1v) is 6.56. The van der Waals surface area contributed by atoms with Crippen LogP contribution in [0.15, 0.2) is 54.6 Å². The van der Waals surface area contributed by atoms with Gasteiger partial charge in [0, 0.05) is 5.56 Å². The summed E-state index contributed by atoms with van der Waals surface area (Å²) in [5.74, 6) is 0.805. The van der Waals surface area contributed by atoms with E-state index in [1.165, 1.54) is 0 Å². The van der Waals surface area contributed by atoms with E-state index in [-0.39, 0.29) is 5.11 Å². The summed E-state index contributed by atoms with van der Waals surface area (Å²) in [6.45, 7) is 0.545. The van der Waals surface area contributed by atoms with Crippen LogP contribution in [0.2, 0.25) is 0 Å². The topological polar surface area (TPSA) is 61.2 Å². The number of hydrogen-bond donors (Lipinski definition) is 3. The first-order chi connectivity index (χ1) is 9.74. The number of rotatable bonds is 5. The number of nitrogens with one attached hydrogen (secondary N) is 2. The van der Waals surface area contributed by atoms with Gasteiger partial charge < -0.3 is 10.5 Å². The monoisotopic (exact) mass is 286 g/mol. The molecule has 0 aliphatic carbocycles. The maximum Gasteiger partial charge on any atom is 0.221 e. The minimum atomic E-state index is 0.192. The first kappa shape index (κ1) is 14.0. The fraction of sp³-hybridized carbons (Fsp3) is 0.0667. The summed E-state index contributed by atoms with van der Waals surface area (Å²) in [5, 5.41) is 3.00. The average molecular weight is 286 g/mol. The van der Waals surface area contributed by atoms with Crippen LogP contribution in [0.25, 0.3) is 0 Å². The molecule has 4 nitrogen and oxygen atoms in total. The largest absolute Gasteiger partial charge is 0.489 e. The Morgan fingerprint density at radius 1 is 1.20 bits per heavy atom. The molecule has 0 unspecified atom stereocenters. The second-order valence-corrected chi connectivity index (χ2v) is 4.56. The van der Waals surface area contributed by atoms with Crippen molar-refractivity contribution in [3.8, 4) is 5.75 Å². The molecule has 4 N–H and O–H groups in total. The molecule has 0 radical (unpaired) electrons. The van der Waals surface area contributed by atoms with Crippen molar-refractivity contribution in [1.29, 1.82) is 0 Å². The molecule has 0 aromatic heterocycles. The van der Waals surface area contributed by atoms with E-state index >= 15 is 0 Å². The predicted molar refractivity (Wildman–Crippen MR) is 83.3 cm³/mol. The Balaban J connectivity index is 1.95. The van der Waals surface area contributed by atoms with Crippen LogP contribution in [0.4, 0.5) is 0 Å². The van der Waals surface area contributed by atoms with E-state index < -0.39 is 0 Å². The fourth-order valence-electron chi connectivity index (χ4n) is 1.63. The molecule has 2 aromatic carbocycles. The quantitative estimate of drug-likeness (QED) is 0.426. The molecule has 2 rings (SSSR count). The Morgan fingerprint density at radius 2 is 2.00 bits per heavy atom. The average Bonchev–Trinajstić information content (AvgIpc) is 2.46. The van der Waals surface area contributed by atoms with Crippen LogP contribution in [0.5, 0.6) is 5.75 Å². The Morgan fingerprint density at radius 3 is 2.75 bits per heavy atom. The Bertz CT molecular complexity index is 599. The van der Waals surface area contributed by atoms with Gasteiger partial charge in [0.2, 0.25) is 5.11 Å². The van der Waals surface area contributed by atoms with E-state index in [4.69, 9.17) is 22.7 Å². The minimum absolute atomic E-state index is 0.192. The molecule has 102 valence electrons. The van der Waals surface area contributed by atoms with Gasteiger partial charge >= 0.3 is 0 Å². The summed E-state index contributed by atoms with van der Waals surface area (Å²) >= 11 is 4.69. The number of benzene rings is 2. The lowest BCUT2D eigenvalue weighted by molar-refractivity contribution is -0.499. The van der Waals surface area contributed by atoms with Crippen LogP contribution >= 0.6 is 12.2 Å². The van der Waals surface area contributed by atoms with Crippen LogP contribution < -0.4 is 21.0 Å². The SMILES string of the molecule is NC(=S)N[NH+]=Cc1cccc(OCc2ccccc2)c1. The van der Waals surface area contributed by atoms with Crippen LogP contribution in [-0.2, 0) is 6.61 Å². The highest BCUT2D eigenvalue weighted by molar-refractivity contribution is 7.80. The van der Waals surface area contributed by atoms with E-state index in [1.807, 2.05) is 54.6 Å². The number of hydrogen-bond acceptors (Lipinski definition) is 2. The van der Waals surface area contributed by atoms with Crippen LogP contribution in [0, 0.1) is 0 Å². The normalized spacial score (nSPS) is 10.4. The molecule has 0 fully saturated rings. The maximum absolute atomic E-state index is 5.74. The second kappa shape index (κ2) is 7.25. The van der Waals surface area contributed by atoms with E-state index in [9.17, 15) is 0 Å². The van der Waals surface area contributed by atoms with E-state index in [0.29, 0.717) is 6.61 Å².